The highest BCUT2D eigenvalue weighted by Crippen LogP contribution is 2.40. The third-order valence-electron chi connectivity index (χ3n) is 5.55. The van der Waals surface area contributed by atoms with Crippen LogP contribution in [-0.2, 0) is 4.74 Å². The Morgan fingerprint density at radius 2 is 1.96 bits per heavy atom. The lowest BCUT2D eigenvalue weighted by Gasteiger charge is -2.26. The third-order valence-corrected chi connectivity index (χ3v) is 5.55. The standard InChI is InChI=1S/C21H22N4O3/c1-12-16(17-18(25-21(2)8-9-21)22-11-23-20(17)28-12)19(26)24-14-5-3-13(4-6-14)15-7-10-27-15/h3-6,11,15H,7-10H2,1-2H3,(H,24,26)(H,22,23,25). The van der Waals surface area contributed by atoms with Crippen molar-refractivity contribution in [3.8, 4) is 0 Å². The first-order chi connectivity index (χ1) is 13.5. The molecule has 1 aromatic carbocycles. The Morgan fingerprint density at radius 1 is 1.21 bits per heavy atom. The highest BCUT2D eigenvalue weighted by molar-refractivity contribution is 6.15. The fraction of sp³-hybridized carbons (Fsp3) is 0.381. The molecular formula is C21H22N4O3. The number of amides is 1. The number of rotatable bonds is 5. The summed E-state index contributed by atoms with van der Waals surface area (Å²) in [6.45, 7) is 4.73. The Balaban J connectivity index is 1.44. The van der Waals surface area contributed by atoms with Gasteiger partial charge in [0.25, 0.3) is 5.91 Å². The second-order valence-corrected chi connectivity index (χ2v) is 7.85. The summed E-state index contributed by atoms with van der Waals surface area (Å²) >= 11 is 0. The fourth-order valence-electron chi connectivity index (χ4n) is 3.48. The van der Waals surface area contributed by atoms with E-state index in [9.17, 15) is 4.79 Å². The number of aryl methyl sites for hydroxylation is 1. The van der Waals surface area contributed by atoms with Gasteiger partial charge in [-0.05, 0) is 44.4 Å². The van der Waals surface area contributed by atoms with Gasteiger partial charge in [0, 0.05) is 17.6 Å². The summed E-state index contributed by atoms with van der Waals surface area (Å²) in [5.74, 6) is 0.934. The molecule has 28 heavy (non-hydrogen) atoms. The predicted octanol–water partition coefficient (Wildman–Crippen LogP) is 4.21. The maximum Gasteiger partial charge on any atom is 0.260 e. The molecule has 2 fully saturated rings. The van der Waals surface area contributed by atoms with Gasteiger partial charge in [-0.2, -0.15) is 0 Å². The summed E-state index contributed by atoms with van der Waals surface area (Å²) in [4.78, 5) is 21.6. The van der Waals surface area contributed by atoms with Crippen molar-refractivity contribution < 1.29 is 13.9 Å². The Morgan fingerprint density at radius 3 is 2.61 bits per heavy atom. The minimum Gasteiger partial charge on any atom is -0.442 e. The van der Waals surface area contributed by atoms with Crippen LogP contribution in [0, 0.1) is 6.92 Å². The summed E-state index contributed by atoms with van der Waals surface area (Å²) in [6.07, 6.45) is 4.84. The topological polar surface area (TPSA) is 89.3 Å². The first-order valence-corrected chi connectivity index (χ1v) is 9.58. The van der Waals surface area contributed by atoms with Gasteiger partial charge < -0.3 is 19.8 Å². The van der Waals surface area contributed by atoms with E-state index in [1.54, 1.807) is 6.92 Å². The van der Waals surface area contributed by atoms with E-state index < -0.39 is 0 Å². The summed E-state index contributed by atoms with van der Waals surface area (Å²) in [6, 6.07) is 7.77. The van der Waals surface area contributed by atoms with Crippen LogP contribution < -0.4 is 10.6 Å². The molecule has 5 rings (SSSR count). The number of nitrogens with zero attached hydrogens (tertiary/aromatic N) is 2. The molecule has 1 aliphatic carbocycles. The van der Waals surface area contributed by atoms with Crippen LogP contribution in [0.1, 0.15) is 54.0 Å². The van der Waals surface area contributed by atoms with Crippen molar-refractivity contribution >= 4 is 28.5 Å². The summed E-state index contributed by atoms with van der Waals surface area (Å²) in [7, 11) is 0. The molecule has 1 atom stereocenters. The Hall–Kier alpha value is -2.93. The fourth-order valence-corrected chi connectivity index (χ4v) is 3.48. The number of carbonyl (C=O) groups is 1. The Bertz CT molecular complexity index is 1050. The quantitative estimate of drug-likeness (QED) is 0.691. The minimum absolute atomic E-state index is 0.0274. The number of furan rings is 1. The molecule has 144 valence electrons. The minimum atomic E-state index is -0.234. The largest absolute Gasteiger partial charge is 0.442 e. The highest BCUT2D eigenvalue weighted by atomic mass is 16.5. The van der Waals surface area contributed by atoms with E-state index in [1.807, 2.05) is 24.3 Å². The second-order valence-electron chi connectivity index (χ2n) is 7.85. The number of hydrogen-bond acceptors (Lipinski definition) is 6. The molecule has 2 N–H and O–H groups in total. The molecule has 2 aromatic heterocycles. The van der Waals surface area contributed by atoms with E-state index in [0.717, 1.165) is 37.1 Å². The van der Waals surface area contributed by atoms with Crippen molar-refractivity contribution in [3.63, 3.8) is 0 Å². The Labute approximate surface area is 162 Å². The number of benzene rings is 1. The molecule has 2 aliphatic rings. The molecule has 7 nitrogen and oxygen atoms in total. The summed E-state index contributed by atoms with van der Waals surface area (Å²) in [5, 5.41) is 7.03. The van der Waals surface area contributed by atoms with E-state index in [2.05, 4.69) is 27.5 Å². The zero-order valence-corrected chi connectivity index (χ0v) is 15.9. The average Bonchev–Trinajstić information content (AvgIpc) is 3.23. The molecule has 1 unspecified atom stereocenters. The van der Waals surface area contributed by atoms with Crippen LogP contribution in [0.3, 0.4) is 0 Å². The van der Waals surface area contributed by atoms with Gasteiger partial charge in [-0.25, -0.2) is 9.97 Å². The lowest BCUT2D eigenvalue weighted by Crippen LogP contribution is -2.19. The number of anilines is 2. The molecular weight excluding hydrogens is 356 g/mol. The monoisotopic (exact) mass is 378 g/mol. The van der Waals surface area contributed by atoms with Gasteiger partial charge in [0.05, 0.1) is 23.7 Å². The van der Waals surface area contributed by atoms with Crippen molar-refractivity contribution in [2.45, 2.75) is 44.8 Å². The van der Waals surface area contributed by atoms with E-state index in [1.165, 1.54) is 6.33 Å². The van der Waals surface area contributed by atoms with Gasteiger partial charge in [0.1, 0.15) is 17.9 Å². The number of fused-ring (bicyclic) bond motifs is 1. The van der Waals surface area contributed by atoms with E-state index in [0.29, 0.717) is 28.2 Å². The van der Waals surface area contributed by atoms with Crippen LogP contribution in [0.25, 0.3) is 11.1 Å². The molecule has 1 saturated heterocycles. The van der Waals surface area contributed by atoms with Crippen molar-refractivity contribution in [1.82, 2.24) is 9.97 Å². The normalized spacial score (nSPS) is 19.9. The highest BCUT2D eigenvalue weighted by Gasteiger charge is 2.38. The smallest absolute Gasteiger partial charge is 0.260 e. The van der Waals surface area contributed by atoms with Gasteiger partial charge in [-0.15, -0.1) is 0 Å². The van der Waals surface area contributed by atoms with Crippen LogP contribution in [-0.4, -0.2) is 28.0 Å². The molecule has 3 heterocycles. The number of aromatic nitrogens is 2. The van der Waals surface area contributed by atoms with Crippen LogP contribution in [0.5, 0.6) is 0 Å². The number of ether oxygens (including phenoxy) is 1. The van der Waals surface area contributed by atoms with Gasteiger partial charge in [-0.1, -0.05) is 12.1 Å². The number of nitrogens with one attached hydrogen (secondary N) is 2. The molecule has 1 saturated carbocycles. The second kappa shape index (κ2) is 6.31. The SMILES string of the molecule is Cc1oc2ncnc(NC3(C)CC3)c2c1C(=O)Nc1ccc(C2CCO2)cc1. The van der Waals surface area contributed by atoms with Gasteiger partial charge in [0.15, 0.2) is 0 Å². The van der Waals surface area contributed by atoms with Crippen molar-refractivity contribution in [3.05, 3.63) is 47.5 Å². The number of hydrogen-bond donors (Lipinski definition) is 2. The summed E-state index contributed by atoms with van der Waals surface area (Å²) < 4.78 is 11.2. The summed E-state index contributed by atoms with van der Waals surface area (Å²) in [5.41, 5.74) is 2.77. The van der Waals surface area contributed by atoms with Crippen LogP contribution in [0.15, 0.2) is 35.0 Å². The van der Waals surface area contributed by atoms with Gasteiger partial charge in [-0.3, -0.25) is 4.79 Å². The van der Waals surface area contributed by atoms with E-state index >= 15 is 0 Å². The van der Waals surface area contributed by atoms with Crippen LogP contribution >= 0.6 is 0 Å². The van der Waals surface area contributed by atoms with Crippen LogP contribution in [0.2, 0.25) is 0 Å². The Kier molecular flexibility index (Phi) is 3.87. The first-order valence-electron chi connectivity index (χ1n) is 9.58. The van der Waals surface area contributed by atoms with Gasteiger partial charge in [0.2, 0.25) is 5.71 Å². The predicted molar refractivity (Wildman–Crippen MR) is 106 cm³/mol. The molecule has 7 heteroatoms. The maximum absolute atomic E-state index is 13.1. The molecule has 0 spiro atoms. The zero-order valence-electron chi connectivity index (χ0n) is 15.9. The van der Waals surface area contributed by atoms with Crippen molar-refractivity contribution in [2.75, 3.05) is 17.2 Å². The molecule has 0 radical (unpaired) electrons. The van der Waals surface area contributed by atoms with Gasteiger partial charge >= 0.3 is 0 Å². The van der Waals surface area contributed by atoms with E-state index in [4.69, 9.17) is 9.15 Å². The number of carbonyl (C=O) groups excluding carboxylic acids is 1. The average molecular weight is 378 g/mol. The molecule has 1 aliphatic heterocycles. The first kappa shape index (κ1) is 17.2. The third kappa shape index (κ3) is 3.01. The molecule has 3 aromatic rings. The van der Waals surface area contributed by atoms with Crippen molar-refractivity contribution in [2.24, 2.45) is 0 Å². The van der Waals surface area contributed by atoms with Crippen LogP contribution in [0.4, 0.5) is 11.5 Å². The van der Waals surface area contributed by atoms with Crippen molar-refractivity contribution in [1.29, 1.82) is 0 Å². The molecule has 0 bridgehead atoms. The lowest BCUT2D eigenvalue weighted by atomic mass is 10.0. The zero-order chi connectivity index (χ0) is 19.3. The van der Waals surface area contributed by atoms with E-state index in [-0.39, 0.29) is 17.6 Å². The maximum atomic E-state index is 13.1. The molecule has 1 amide bonds. The lowest BCUT2D eigenvalue weighted by molar-refractivity contribution is -0.0527.